The van der Waals surface area contributed by atoms with Crippen molar-refractivity contribution in [1.82, 2.24) is 4.57 Å². The lowest BCUT2D eigenvalue weighted by Crippen LogP contribution is -2.25. The van der Waals surface area contributed by atoms with Crippen molar-refractivity contribution in [3.8, 4) is 5.75 Å². The Morgan fingerprint density at radius 3 is 2.85 bits per heavy atom. The summed E-state index contributed by atoms with van der Waals surface area (Å²) in [7, 11) is 1.79. The Hall–Kier alpha value is -2.29. The number of rotatable bonds is 0. The van der Waals surface area contributed by atoms with Crippen LogP contribution in [0.4, 0.5) is 0 Å². The third kappa shape index (κ3) is 1.95. The van der Waals surface area contributed by atoms with Crippen LogP contribution in [0.3, 0.4) is 0 Å². The first-order valence-electron chi connectivity index (χ1n) is 6.66. The van der Waals surface area contributed by atoms with E-state index >= 15 is 0 Å². The highest BCUT2D eigenvalue weighted by Gasteiger charge is 2.18. The molecule has 1 aromatic heterocycles. The van der Waals surface area contributed by atoms with Gasteiger partial charge in [0, 0.05) is 19.2 Å². The van der Waals surface area contributed by atoms with Crippen LogP contribution >= 0.6 is 0 Å². The highest BCUT2D eigenvalue weighted by Crippen LogP contribution is 2.29. The maximum atomic E-state index is 12.4. The lowest BCUT2D eigenvalue weighted by atomic mass is 9.94. The van der Waals surface area contributed by atoms with Gasteiger partial charge >= 0.3 is 0 Å². The Morgan fingerprint density at radius 2 is 2.05 bits per heavy atom. The topological polar surface area (TPSA) is 31.2 Å². The molecule has 0 atom stereocenters. The van der Waals surface area contributed by atoms with E-state index in [9.17, 15) is 4.79 Å². The molecule has 0 unspecified atom stereocenters. The van der Waals surface area contributed by atoms with E-state index in [4.69, 9.17) is 4.74 Å². The van der Waals surface area contributed by atoms with Crippen LogP contribution in [0.25, 0.3) is 5.57 Å². The van der Waals surface area contributed by atoms with E-state index in [1.54, 1.807) is 11.6 Å². The van der Waals surface area contributed by atoms with Crippen molar-refractivity contribution in [2.24, 2.45) is 7.05 Å². The molecule has 0 fully saturated rings. The second-order valence-corrected chi connectivity index (χ2v) is 5.22. The molecular weight excluding hydrogens is 250 g/mol. The van der Waals surface area contributed by atoms with E-state index in [0.29, 0.717) is 24.3 Å². The molecule has 0 bridgehead atoms. The molecule has 0 saturated carbocycles. The number of nitrogens with zero attached hydrogens (tertiary/aromatic N) is 1. The quantitative estimate of drug-likeness (QED) is 0.735. The monoisotopic (exact) mass is 267 g/mol. The van der Waals surface area contributed by atoms with Gasteiger partial charge in [-0.3, -0.25) is 4.79 Å². The summed E-state index contributed by atoms with van der Waals surface area (Å²) in [4.78, 5) is 12.4. The first-order valence-corrected chi connectivity index (χ1v) is 6.66. The lowest BCUT2D eigenvalue weighted by molar-refractivity contribution is 0.300. The summed E-state index contributed by atoms with van der Waals surface area (Å²) in [6, 6.07) is 9.98. The first kappa shape index (κ1) is 12.7. The molecule has 0 N–H and O–H groups in total. The normalized spacial score (nSPS) is 13.8. The van der Waals surface area contributed by atoms with Gasteiger partial charge in [0.2, 0.25) is 0 Å². The average molecular weight is 267 g/mol. The van der Waals surface area contributed by atoms with Gasteiger partial charge in [-0.25, -0.2) is 0 Å². The van der Waals surface area contributed by atoms with Crippen LogP contribution in [0, 0.1) is 6.92 Å². The number of hydrogen-bond donors (Lipinski definition) is 0. The second kappa shape index (κ2) is 4.67. The molecule has 3 heteroatoms. The van der Waals surface area contributed by atoms with Crippen LogP contribution in [0.2, 0.25) is 0 Å². The van der Waals surface area contributed by atoms with Gasteiger partial charge in [0.15, 0.2) is 0 Å². The van der Waals surface area contributed by atoms with Gasteiger partial charge in [0.25, 0.3) is 5.56 Å². The van der Waals surface area contributed by atoms with Gasteiger partial charge in [-0.05, 0) is 29.7 Å². The van der Waals surface area contributed by atoms with Gasteiger partial charge in [-0.1, -0.05) is 30.8 Å². The number of aromatic nitrogens is 1. The fourth-order valence-corrected chi connectivity index (χ4v) is 2.59. The van der Waals surface area contributed by atoms with Crippen molar-refractivity contribution >= 4 is 5.57 Å². The van der Waals surface area contributed by atoms with Crippen LogP contribution in [-0.4, -0.2) is 4.57 Å². The highest BCUT2D eigenvalue weighted by molar-refractivity contribution is 5.69. The van der Waals surface area contributed by atoms with Crippen LogP contribution in [-0.2, 0) is 20.1 Å². The van der Waals surface area contributed by atoms with Crippen molar-refractivity contribution in [3.05, 3.63) is 69.6 Å². The number of hydrogen-bond acceptors (Lipinski definition) is 2. The van der Waals surface area contributed by atoms with Crippen molar-refractivity contribution in [3.63, 3.8) is 0 Å². The summed E-state index contributed by atoms with van der Waals surface area (Å²) in [6.07, 6.45) is 0.527. The van der Waals surface area contributed by atoms with Gasteiger partial charge < -0.3 is 9.30 Å². The van der Waals surface area contributed by atoms with E-state index in [2.05, 4.69) is 6.58 Å². The summed E-state index contributed by atoms with van der Waals surface area (Å²) in [5.74, 6) is 0.682. The Kier molecular flexibility index (Phi) is 2.97. The summed E-state index contributed by atoms with van der Waals surface area (Å²) in [6.45, 7) is 6.52. The maximum absolute atomic E-state index is 12.4. The minimum atomic E-state index is 0.000492. The van der Waals surface area contributed by atoms with Crippen LogP contribution < -0.4 is 10.3 Å². The van der Waals surface area contributed by atoms with E-state index in [-0.39, 0.29) is 5.56 Å². The van der Waals surface area contributed by atoms with Gasteiger partial charge in [-0.15, -0.1) is 0 Å². The molecule has 1 aromatic carbocycles. The Bertz CT molecular complexity index is 756. The van der Waals surface area contributed by atoms with Gasteiger partial charge in [0.05, 0.1) is 5.56 Å². The Morgan fingerprint density at radius 1 is 1.30 bits per heavy atom. The maximum Gasteiger partial charge on any atom is 0.257 e. The van der Waals surface area contributed by atoms with Crippen molar-refractivity contribution in [1.29, 1.82) is 0 Å². The zero-order valence-corrected chi connectivity index (χ0v) is 11.8. The molecule has 20 heavy (non-hydrogen) atoms. The minimum Gasteiger partial charge on any atom is -0.488 e. The molecule has 1 aliphatic rings. The van der Waals surface area contributed by atoms with Crippen LogP contribution in [0.5, 0.6) is 5.75 Å². The van der Waals surface area contributed by atoms with Crippen molar-refractivity contribution in [2.45, 2.75) is 20.0 Å². The van der Waals surface area contributed by atoms with Crippen molar-refractivity contribution < 1.29 is 4.74 Å². The van der Waals surface area contributed by atoms with E-state index in [1.165, 1.54) is 0 Å². The summed E-state index contributed by atoms with van der Waals surface area (Å²) in [5.41, 5.74) is 4.75. The smallest absolute Gasteiger partial charge is 0.257 e. The van der Waals surface area contributed by atoms with E-state index in [1.807, 2.05) is 37.3 Å². The SMILES string of the molecule is C=C1Cc2c(cc(C)n(C)c2=O)OCc2ccccc21. The van der Waals surface area contributed by atoms with Crippen LogP contribution in [0.1, 0.15) is 22.4 Å². The Balaban J connectivity index is 2.16. The summed E-state index contributed by atoms with van der Waals surface area (Å²) >= 11 is 0. The fourth-order valence-electron chi connectivity index (χ4n) is 2.59. The standard InChI is InChI=1S/C17H17NO2/c1-11-8-15-16(9-12(2)18(3)17(15)19)20-10-13-6-4-5-7-14(11)13/h4-7,9H,1,8,10H2,2-3H3. The summed E-state index contributed by atoms with van der Waals surface area (Å²) in [5, 5.41) is 0. The van der Waals surface area contributed by atoms with Gasteiger partial charge in [-0.2, -0.15) is 0 Å². The van der Waals surface area contributed by atoms with E-state index in [0.717, 1.165) is 22.4 Å². The van der Waals surface area contributed by atoms with Crippen molar-refractivity contribution in [2.75, 3.05) is 0 Å². The predicted octanol–water partition coefficient (Wildman–Crippen LogP) is 2.84. The molecule has 1 aliphatic heterocycles. The molecule has 3 rings (SSSR count). The predicted molar refractivity (Wildman–Crippen MR) is 79.9 cm³/mol. The number of aryl methyl sites for hydroxylation is 1. The lowest BCUT2D eigenvalue weighted by Gasteiger charge is -2.20. The zero-order valence-electron chi connectivity index (χ0n) is 11.8. The number of ether oxygens (including phenoxy) is 1. The van der Waals surface area contributed by atoms with Gasteiger partial charge in [0.1, 0.15) is 12.4 Å². The first-order chi connectivity index (χ1) is 9.58. The Labute approximate surface area is 118 Å². The molecule has 0 radical (unpaired) electrons. The number of benzene rings is 1. The molecule has 2 heterocycles. The summed E-state index contributed by atoms with van der Waals surface area (Å²) < 4.78 is 7.52. The molecule has 0 spiro atoms. The largest absolute Gasteiger partial charge is 0.488 e. The zero-order chi connectivity index (χ0) is 14.3. The molecule has 0 amide bonds. The van der Waals surface area contributed by atoms with E-state index < -0.39 is 0 Å². The second-order valence-electron chi connectivity index (χ2n) is 5.22. The molecule has 0 aliphatic carbocycles. The minimum absolute atomic E-state index is 0.000492. The number of allylic oxidation sites excluding steroid dienone is 1. The average Bonchev–Trinajstić information content (AvgIpc) is 2.45. The number of fused-ring (bicyclic) bond motifs is 2. The number of pyridine rings is 1. The molecule has 2 aromatic rings. The fraction of sp³-hybridized carbons (Fsp3) is 0.235. The highest BCUT2D eigenvalue weighted by atomic mass is 16.5. The molecular formula is C17H17NO2. The molecule has 102 valence electrons. The third-order valence-corrected chi connectivity index (χ3v) is 3.90. The third-order valence-electron chi connectivity index (χ3n) is 3.90. The molecule has 3 nitrogen and oxygen atoms in total. The van der Waals surface area contributed by atoms with Crippen LogP contribution in [0.15, 0.2) is 41.7 Å². The molecule has 0 saturated heterocycles.